The standard InChI is InChI=1S/C34H41Cl2F2N7.ClH/c1-39-26(10-16-44-20-31(24-2-4-29(37)27(35)18-24)42-33(44)22-6-12-40-13-7-22)11-17-45-21-32(25-3-5-30(38)28(36)19-25)43-34(45)23-8-14-41-15-9-23;/h2-5,18-23,26,39-41H,6-17H2,1H3;1H. The fraction of sp³-hybridized carbons (Fsp3) is 0.471. The van der Waals surface area contributed by atoms with Crippen molar-refractivity contribution in [3.63, 3.8) is 0 Å². The summed E-state index contributed by atoms with van der Waals surface area (Å²) in [6.07, 6.45) is 10.2. The van der Waals surface area contributed by atoms with E-state index in [2.05, 4.69) is 37.5 Å². The third-order valence-corrected chi connectivity index (χ3v) is 9.88. The number of halogens is 5. The molecule has 0 spiro atoms. The summed E-state index contributed by atoms with van der Waals surface area (Å²) in [4.78, 5) is 10.1. The van der Waals surface area contributed by atoms with Gasteiger partial charge >= 0.3 is 0 Å². The van der Waals surface area contributed by atoms with Crippen LogP contribution in [0.2, 0.25) is 10.0 Å². The van der Waals surface area contributed by atoms with E-state index in [1.165, 1.54) is 12.1 Å². The Balaban J connectivity index is 0.00000417. The number of piperidine rings is 2. The van der Waals surface area contributed by atoms with Crippen LogP contribution in [0.3, 0.4) is 0 Å². The predicted molar refractivity (Wildman–Crippen MR) is 184 cm³/mol. The van der Waals surface area contributed by atoms with Gasteiger partial charge < -0.3 is 25.1 Å². The zero-order valence-electron chi connectivity index (χ0n) is 26.0. The molecule has 7 nitrogen and oxygen atoms in total. The van der Waals surface area contributed by atoms with Gasteiger partial charge in [0.25, 0.3) is 0 Å². The minimum atomic E-state index is -0.426. The molecular weight excluding hydrogens is 651 g/mol. The summed E-state index contributed by atoms with van der Waals surface area (Å²) in [7, 11) is 2.02. The first-order chi connectivity index (χ1) is 21.9. The van der Waals surface area contributed by atoms with Gasteiger partial charge in [0.15, 0.2) is 0 Å². The summed E-state index contributed by atoms with van der Waals surface area (Å²) in [5.41, 5.74) is 3.29. The fourth-order valence-corrected chi connectivity index (χ4v) is 7.00. The first-order valence-electron chi connectivity index (χ1n) is 16.0. The molecule has 248 valence electrons. The number of benzene rings is 2. The van der Waals surface area contributed by atoms with Crippen molar-refractivity contribution in [2.24, 2.45) is 0 Å². The topological polar surface area (TPSA) is 71.7 Å². The normalized spacial score (nSPS) is 16.2. The van der Waals surface area contributed by atoms with Crippen molar-refractivity contribution >= 4 is 35.6 Å². The number of aromatic nitrogens is 4. The number of imidazole rings is 2. The Morgan fingerprint density at radius 3 is 1.54 bits per heavy atom. The Morgan fingerprint density at radius 1 is 0.761 bits per heavy atom. The van der Waals surface area contributed by atoms with Crippen molar-refractivity contribution in [2.75, 3.05) is 33.2 Å². The molecule has 46 heavy (non-hydrogen) atoms. The summed E-state index contributed by atoms with van der Waals surface area (Å²) in [6, 6.07) is 9.89. The molecule has 2 aromatic heterocycles. The highest BCUT2D eigenvalue weighted by molar-refractivity contribution is 6.31. The Hall–Kier alpha value is -2.53. The third kappa shape index (κ3) is 8.12. The number of aryl methyl sites for hydroxylation is 2. The molecule has 0 aliphatic carbocycles. The van der Waals surface area contributed by atoms with Crippen LogP contribution in [0.1, 0.15) is 62.0 Å². The van der Waals surface area contributed by atoms with Crippen molar-refractivity contribution in [3.8, 4) is 22.5 Å². The van der Waals surface area contributed by atoms with E-state index in [1.54, 1.807) is 24.3 Å². The molecule has 0 radical (unpaired) electrons. The van der Waals surface area contributed by atoms with Gasteiger partial charge in [0.1, 0.15) is 23.3 Å². The first kappa shape index (κ1) is 34.8. The maximum absolute atomic E-state index is 13.9. The monoisotopic (exact) mass is 691 g/mol. The molecule has 0 amide bonds. The van der Waals surface area contributed by atoms with Gasteiger partial charge in [-0.15, -0.1) is 12.4 Å². The lowest BCUT2D eigenvalue weighted by Gasteiger charge is -2.25. The summed E-state index contributed by atoms with van der Waals surface area (Å²) in [5, 5.41) is 10.7. The molecule has 2 aromatic carbocycles. The van der Waals surface area contributed by atoms with Gasteiger partial charge in [-0.25, -0.2) is 18.7 Å². The second kappa shape index (κ2) is 16.0. The Bertz CT molecular complexity index is 1480. The van der Waals surface area contributed by atoms with E-state index in [4.69, 9.17) is 33.2 Å². The largest absolute Gasteiger partial charge is 0.334 e. The minimum Gasteiger partial charge on any atom is -0.334 e. The van der Waals surface area contributed by atoms with E-state index < -0.39 is 11.6 Å². The Kier molecular flexibility index (Phi) is 12.1. The molecule has 6 rings (SSSR count). The molecule has 4 heterocycles. The van der Waals surface area contributed by atoms with Crippen LogP contribution in [-0.4, -0.2) is 58.4 Å². The summed E-state index contributed by atoms with van der Waals surface area (Å²) in [6.45, 7) is 5.54. The van der Waals surface area contributed by atoms with E-state index >= 15 is 0 Å². The van der Waals surface area contributed by atoms with Crippen LogP contribution >= 0.6 is 35.6 Å². The maximum atomic E-state index is 13.9. The summed E-state index contributed by atoms with van der Waals surface area (Å²) >= 11 is 12.2. The summed E-state index contributed by atoms with van der Waals surface area (Å²) in [5.74, 6) is 2.08. The van der Waals surface area contributed by atoms with Crippen molar-refractivity contribution in [1.82, 2.24) is 35.1 Å². The number of nitrogens with one attached hydrogen (secondary N) is 3. The van der Waals surface area contributed by atoms with Crippen molar-refractivity contribution < 1.29 is 8.78 Å². The lowest BCUT2D eigenvalue weighted by Crippen LogP contribution is -2.31. The number of hydrogen-bond donors (Lipinski definition) is 3. The molecular formula is C34H42Cl3F2N7. The first-order valence-corrected chi connectivity index (χ1v) is 16.8. The van der Waals surface area contributed by atoms with Crippen LogP contribution in [-0.2, 0) is 13.1 Å². The zero-order valence-corrected chi connectivity index (χ0v) is 28.4. The van der Waals surface area contributed by atoms with Crippen LogP contribution in [0.4, 0.5) is 8.78 Å². The van der Waals surface area contributed by atoms with Gasteiger partial charge in [-0.3, -0.25) is 0 Å². The van der Waals surface area contributed by atoms with Crippen molar-refractivity contribution in [2.45, 2.75) is 69.5 Å². The van der Waals surface area contributed by atoms with E-state index in [0.717, 1.165) is 112 Å². The van der Waals surface area contributed by atoms with Gasteiger partial charge in [0.05, 0.1) is 21.4 Å². The van der Waals surface area contributed by atoms with Gasteiger partial charge in [-0.05, 0) is 108 Å². The average Bonchev–Trinajstić information content (AvgIpc) is 3.70. The minimum absolute atomic E-state index is 0. The molecule has 0 unspecified atom stereocenters. The molecule has 0 atom stereocenters. The average molecular weight is 693 g/mol. The van der Waals surface area contributed by atoms with Crippen molar-refractivity contribution in [3.05, 3.63) is 82.1 Å². The van der Waals surface area contributed by atoms with E-state index in [9.17, 15) is 8.78 Å². The highest BCUT2D eigenvalue weighted by atomic mass is 35.5. The molecule has 2 fully saturated rings. The number of rotatable bonds is 11. The number of nitrogens with zero attached hydrogens (tertiary/aromatic N) is 4. The third-order valence-electron chi connectivity index (χ3n) is 9.30. The maximum Gasteiger partial charge on any atom is 0.141 e. The fourth-order valence-electron chi connectivity index (χ4n) is 6.64. The molecule has 4 aromatic rings. The Morgan fingerprint density at radius 2 is 1.17 bits per heavy atom. The smallest absolute Gasteiger partial charge is 0.141 e. The van der Waals surface area contributed by atoms with Gasteiger partial charge in [-0.2, -0.15) is 0 Å². The summed E-state index contributed by atoms with van der Waals surface area (Å²) < 4.78 is 32.4. The second-order valence-electron chi connectivity index (χ2n) is 12.2. The SMILES string of the molecule is CNC(CCn1cc(-c2ccc(F)c(Cl)c2)nc1C1CCNCC1)CCn1cc(-c2ccc(F)c(Cl)c2)nc1C1CCNCC1.Cl. The van der Waals surface area contributed by atoms with E-state index in [1.807, 2.05) is 7.05 Å². The molecule has 0 saturated carbocycles. The molecule has 3 N–H and O–H groups in total. The molecule has 2 aliphatic rings. The van der Waals surface area contributed by atoms with Crippen molar-refractivity contribution in [1.29, 1.82) is 0 Å². The van der Waals surface area contributed by atoms with Crippen LogP contribution in [0.5, 0.6) is 0 Å². The van der Waals surface area contributed by atoms with E-state index in [-0.39, 0.29) is 28.5 Å². The zero-order chi connectivity index (χ0) is 31.3. The Labute approximate surface area is 285 Å². The predicted octanol–water partition coefficient (Wildman–Crippen LogP) is 7.42. The van der Waals surface area contributed by atoms with Crippen LogP contribution in [0.15, 0.2) is 48.8 Å². The molecule has 2 aliphatic heterocycles. The molecule has 2 saturated heterocycles. The van der Waals surface area contributed by atoms with Crippen LogP contribution in [0.25, 0.3) is 22.5 Å². The lowest BCUT2D eigenvalue weighted by molar-refractivity contribution is 0.390. The quantitative estimate of drug-likeness (QED) is 0.153. The molecule has 0 bridgehead atoms. The van der Waals surface area contributed by atoms with Gasteiger partial charge in [-0.1, -0.05) is 23.2 Å². The van der Waals surface area contributed by atoms with Gasteiger partial charge in [0.2, 0.25) is 0 Å². The van der Waals surface area contributed by atoms with Crippen LogP contribution < -0.4 is 16.0 Å². The van der Waals surface area contributed by atoms with E-state index in [0.29, 0.717) is 11.8 Å². The molecule has 12 heteroatoms. The highest BCUT2D eigenvalue weighted by Gasteiger charge is 2.24. The second-order valence-corrected chi connectivity index (χ2v) is 13.0. The highest BCUT2D eigenvalue weighted by Crippen LogP contribution is 2.32. The van der Waals surface area contributed by atoms with Gasteiger partial charge in [0, 0.05) is 54.5 Å². The number of hydrogen-bond acceptors (Lipinski definition) is 5. The lowest BCUT2D eigenvalue weighted by atomic mass is 9.97. The van der Waals surface area contributed by atoms with Crippen LogP contribution in [0, 0.1) is 11.6 Å².